The zero-order chi connectivity index (χ0) is 15.1. The second-order valence-corrected chi connectivity index (χ2v) is 5.20. The van der Waals surface area contributed by atoms with Crippen molar-refractivity contribution in [2.24, 2.45) is 0 Å². The largest absolute Gasteiger partial charge is 0.481 e. The molecule has 2 aromatic rings. The SMILES string of the molecule is CCCCCNC(=O)COc1ccc(Cl)c2cccnc12. The molecule has 21 heavy (non-hydrogen) atoms. The van der Waals surface area contributed by atoms with Gasteiger partial charge >= 0.3 is 0 Å². The Morgan fingerprint density at radius 3 is 3.00 bits per heavy atom. The van der Waals surface area contributed by atoms with E-state index >= 15 is 0 Å². The number of carbonyl (C=O) groups excluding carboxylic acids is 1. The molecule has 4 nitrogen and oxygen atoms in total. The van der Waals surface area contributed by atoms with Gasteiger partial charge in [-0.25, -0.2) is 0 Å². The van der Waals surface area contributed by atoms with Crippen molar-refractivity contribution >= 4 is 28.4 Å². The van der Waals surface area contributed by atoms with Crippen molar-refractivity contribution in [2.45, 2.75) is 26.2 Å². The van der Waals surface area contributed by atoms with Gasteiger partial charge in [-0.3, -0.25) is 9.78 Å². The number of hydrogen-bond acceptors (Lipinski definition) is 3. The number of unbranched alkanes of at least 4 members (excludes halogenated alkanes) is 2. The number of halogens is 1. The van der Waals surface area contributed by atoms with E-state index in [4.69, 9.17) is 16.3 Å². The molecule has 2 rings (SSSR count). The van der Waals surface area contributed by atoms with Gasteiger partial charge in [-0.15, -0.1) is 0 Å². The van der Waals surface area contributed by atoms with Gasteiger partial charge in [-0.05, 0) is 30.7 Å². The average Bonchev–Trinajstić information content (AvgIpc) is 2.51. The van der Waals surface area contributed by atoms with Gasteiger partial charge in [0.2, 0.25) is 0 Å². The van der Waals surface area contributed by atoms with E-state index in [9.17, 15) is 4.79 Å². The minimum Gasteiger partial charge on any atom is -0.481 e. The average molecular weight is 307 g/mol. The van der Waals surface area contributed by atoms with E-state index in [0.29, 0.717) is 22.8 Å². The first-order chi connectivity index (χ1) is 10.2. The molecule has 0 unspecified atom stereocenters. The molecule has 1 aromatic carbocycles. The molecule has 1 N–H and O–H groups in total. The van der Waals surface area contributed by atoms with E-state index in [1.807, 2.05) is 12.1 Å². The maximum atomic E-state index is 11.7. The number of nitrogens with one attached hydrogen (secondary N) is 1. The van der Waals surface area contributed by atoms with Crippen molar-refractivity contribution in [1.82, 2.24) is 10.3 Å². The Balaban J connectivity index is 1.95. The summed E-state index contributed by atoms with van der Waals surface area (Å²) in [5.74, 6) is 0.448. The molecule has 1 amide bonds. The number of aromatic nitrogens is 1. The van der Waals surface area contributed by atoms with E-state index in [2.05, 4.69) is 17.2 Å². The molecule has 1 aromatic heterocycles. The van der Waals surface area contributed by atoms with Crippen LogP contribution in [0.25, 0.3) is 10.9 Å². The number of hydrogen-bond donors (Lipinski definition) is 1. The summed E-state index contributed by atoms with van der Waals surface area (Å²) in [5.41, 5.74) is 0.670. The van der Waals surface area contributed by atoms with Crippen molar-refractivity contribution < 1.29 is 9.53 Å². The van der Waals surface area contributed by atoms with Crippen LogP contribution in [0, 0.1) is 0 Å². The van der Waals surface area contributed by atoms with Crippen molar-refractivity contribution in [2.75, 3.05) is 13.2 Å². The highest BCUT2D eigenvalue weighted by molar-refractivity contribution is 6.35. The van der Waals surface area contributed by atoms with E-state index < -0.39 is 0 Å². The lowest BCUT2D eigenvalue weighted by atomic mass is 10.2. The molecular weight excluding hydrogens is 288 g/mol. The van der Waals surface area contributed by atoms with Crippen molar-refractivity contribution in [3.63, 3.8) is 0 Å². The summed E-state index contributed by atoms with van der Waals surface area (Å²) in [4.78, 5) is 16.0. The van der Waals surface area contributed by atoms with Gasteiger partial charge in [0.15, 0.2) is 6.61 Å². The van der Waals surface area contributed by atoms with Gasteiger partial charge in [0, 0.05) is 18.1 Å². The fraction of sp³-hybridized carbons (Fsp3) is 0.375. The number of benzene rings is 1. The fourth-order valence-corrected chi connectivity index (χ4v) is 2.24. The molecule has 0 aliphatic carbocycles. The zero-order valence-corrected chi connectivity index (χ0v) is 12.8. The Labute approximate surface area is 129 Å². The number of nitrogens with zero attached hydrogens (tertiary/aromatic N) is 1. The molecular formula is C16H19ClN2O2. The molecule has 0 aliphatic rings. The van der Waals surface area contributed by atoms with Crippen LogP contribution in [-0.4, -0.2) is 24.0 Å². The number of ether oxygens (including phenoxy) is 1. The van der Waals surface area contributed by atoms with Gasteiger partial charge in [0.1, 0.15) is 11.3 Å². The van der Waals surface area contributed by atoms with Crippen LogP contribution in [-0.2, 0) is 4.79 Å². The highest BCUT2D eigenvalue weighted by atomic mass is 35.5. The molecule has 1 heterocycles. The lowest BCUT2D eigenvalue weighted by Gasteiger charge is -2.10. The summed E-state index contributed by atoms with van der Waals surface area (Å²) in [6.45, 7) is 2.80. The molecule has 0 atom stereocenters. The van der Waals surface area contributed by atoms with Crippen LogP contribution < -0.4 is 10.1 Å². The number of carbonyl (C=O) groups is 1. The van der Waals surface area contributed by atoms with Crippen molar-refractivity contribution in [3.05, 3.63) is 35.5 Å². The van der Waals surface area contributed by atoms with Gasteiger partial charge in [0.05, 0.1) is 5.02 Å². The summed E-state index contributed by atoms with van der Waals surface area (Å²) in [6.07, 6.45) is 4.92. The highest BCUT2D eigenvalue weighted by Crippen LogP contribution is 2.29. The summed E-state index contributed by atoms with van der Waals surface area (Å²) in [5, 5.41) is 4.28. The van der Waals surface area contributed by atoms with Crippen LogP contribution in [0.2, 0.25) is 5.02 Å². The Morgan fingerprint density at radius 1 is 1.33 bits per heavy atom. The summed E-state index contributed by atoms with van der Waals surface area (Å²) >= 11 is 6.12. The van der Waals surface area contributed by atoms with Gasteiger partial charge in [-0.2, -0.15) is 0 Å². The van der Waals surface area contributed by atoms with Crippen LogP contribution in [0.3, 0.4) is 0 Å². The minimum absolute atomic E-state index is 0.0145. The predicted molar refractivity (Wildman–Crippen MR) is 84.8 cm³/mol. The van der Waals surface area contributed by atoms with E-state index in [-0.39, 0.29) is 12.5 Å². The summed E-state index contributed by atoms with van der Waals surface area (Å²) in [6, 6.07) is 7.18. The number of fused-ring (bicyclic) bond motifs is 1. The van der Waals surface area contributed by atoms with E-state index in [1.54, 1.807) is 18.3 Å². The second kappa shape index (κ2) is 7.84. The van der Waals surface area contributed by atoms with Gasteiger partial charge in [-0.1, -0.05) is 31.4 Å². The zero-order valence-electron chi connectivity index (χ0n) is 12.1. The third kappa shape index (κ3) is 4.33. The minimum atomic E-state index is -0.120. The second-order valence-electron chi connectivity index (χ2n) is 4.79. The number of amides is 1. The van der Waals surface area contributed by atoms with Crippen LogP contribution in [0.15, 0.2) is 30.5 Å². The lowest BCUT2D eigenvalue weighted by Crippen LogP contribution is -2.29. The van der Waals surface area contributed by atoms with Crippen LogP contribution in [0.5, 0.6) is 5.75 Å². The van der Waals surface area contributed by atoms with E-state index in [1.165, 1.54) is 0 Å². The van der Waals surface area contributed by atoms with Gasteiger partial charge < -0.3 is 10.1 Å². The Morgan fingerprint density at radius 2 is 2.19 bits per heavy atom. The first kappa shape index (κ1) is 15.6. The molecule has 0 spiro atoms. The third-order valence-electron chi connectivity index (χ3n) is 3.14. The van der Waals surface area contributed by atoms with E-state index in [0.717, 1.165) is 24.6 Å². The smallest absolute Gasteiger partial charge is 0.257 e. The molecule has 5 heteroatoms. The monoisotopic (exact) mass is 306 g/mol. The summed E-state index contributed by atoms with van der Waals surface area (Å²) < 4.78 is 5.56. The molecule has 0 aliphatic heterocycles. The fourth-order valence-electron chi connectivity index (χ4n) is 2.03. The Kier molecular flexibility index (Phi) is 5.81. The number of rotatable bonds is 7. The molecule has 112 valence electrons. The highest BCUT2D eigenvalue weighted by Gasteiger charge is 2.08. The number of pyridine rings is 1. The third-order valence-corrected chi connectivity index (χ3v) is 3.47. The van der Waals surface area contributed by atoms with Crippen LogP contribution >= 0.6 is 11.6 Å². The lowest BCUT2D eigenvalue weighted by molar-refractivity contribution is -0.123. The Bertz CT molecular complexity index is 616. The molecule has 0 fully saturated rings. The quantitative estimate of drug-likeness (QED) is 0.796. The first-order valence-electron chi connectivity index (χ1n) is 7.15. The van der Waals surface area contributed by atoms with Gasteiger partial charge in [0.25, 0.3) is 5.91 Å². The molecule has 0 saturated heterocycles. The molecule has 0 bridgehead atoms. The van der Waals surface area contributed by atoms with Crippen molar-refractivity contribution in [1.29, 1.82) is 0 Å². The summed E-state index contributed by atoms with van der Waals surface area (Å²) in [7, 11) is 0. The molecule has 0 radical (unpaired) electrons. The van der Waals surface area contributed by atoms with Crippen molar-refractivity contribution in [3.8, 4) is 5.75 Å². The normalized spacial score (nSPS) is 10.6. The topological polar surface area (TPSA) is 51.2 Å². The van der Waals surface area contributed by atoms with Crippen LogP contribution in [0.4, 0.5) is 0 Å². The maximum absolute atomic E-state index is 11.7. The van der Waals surface area contributed by atoms with Crippen LogP contribution in [0.1, 0.15) is 26.2 Å². The maximum Gasteiger partial charge on any atom is 0.257 e. The standard InChI is InChI=1S/C16H19ClN2O2/c1-2-3-4-9-18-15(20)11-21-14-8-7-13(17)12-6-5-10-19-16(12)14/h5-8,10H,2-4,9,11H2,1H3,(H,18,20). The Hall–Kier alpha value is -1.81. The predicted octanol–water partition coefficient (Wildman–Crippen LogP) is 3.57. The first-order valence-corrected chi connectivity index (χ1v) is 7.53. The molecule has 0 saturated carbocycles.